The first kappa shape index (κ1) is 23.0. The van der Waals surface area contributed by atoms with E-state index < -0.39 is 5.97 Å². The summed E-state index contributed by atoms with van der Waals surface area (Å²) in [4.78, 5) is 16.4. The lowest BCUT2D eigenvalue weighted by molar-refractivity contribution is -0.137. The highest BCUT2D eigenvalue weighted by Crippen LogP contribution is 2.28. The van der Waals surface area contributed by atoms with Crippen molar-refractivity contribution >= 4 is 23.6 Å². The molecule has 0 aromatic heterocycles. The maximum atomic E-state index is 11.3. The summed E-state index contributed by atoms with van der Waals surface area (Å²) in [6.45, 7) is 1.53. The Bertz CT molecular complexity index is 1160. The van der Waals surface area contributed by atoms with Gasteiger partial charge in [0, 0.05) is 36.3 Å². The first-order chi connectivity index (χ1) is 16.6. The van der Waals surface area contributed by atoms with Crippen molar-refractivity contribution in [2.75, 3.05) is 11.9 Å². The van der Waals surface area contributed by atoms with Crippen LogP contribution in [0.25, 0.3) is 0 Å². The van der Waals surface area contributed by atoms with Crippen LogP contribution >= 0.6 is 0 Å². The molecule has 1 aliphatic heterocycles. The summed E-state index contributed by atoms with van der Waals surface area (Å²) in [6, 6.07) is 23.4. The topological polar surface area (TPSA) is 104 Å². The third-order valence-corrected chi connectivity index (χ3v) is 5.70. The third-order valence-electron chi connectivity index (χ3n) is 5.70. The minimum Gasteiger partial charge on any atom is -0.489 e. The van der Waals surface area contributed by atoms with Gasteiger partial charge in [0.25, 0.3) is 0 Å². The van der Waals surface area contributed by atoms with E-state index in [9.17, 15) is 9.90 Å². The van der Waals surface area contributed by atoms with Crippen molar-refractivity contribution in [1.82, 2.24) is 0 Å². The number of aliphatic carboxylic acids is 1. The fourth-order valence-corrected chi connectivity index (χ4v) is 3.89. The van der Waals surface area contributed by atoms with Gasteiger partial charge in [0.1, 0.15) is 19.0 Å². The second-order valence-corrected chi connectivity index (χ2v) is 8.08. The van der Waals surface area contributed by atoms with Crippen molar-refractivity contribution in [3.8, 4) is 5.75 Å². The molecule has 7 heteroatoms. The standard InChI is InChI=1S/C27H27N3O4/c28-16-22-7-6-20(14-26(22)29-17-19-4-2-1-3-5-19)18-33-23-10-8-21(9-11-23)24(15-27(31)32)25-12-13-34-30-25/h1-11,14,16,24,28-29H,12-13,15,17-18H2,(H,31,32). The summed E-state index contributed by atoms with van der Waals surface area (Å²) in [5.74, 6) is -0.483. The number of ether oxygens (including phenoxy) is 1. The lowest BCUT2D eigenvalue weighted by atomic mass is 9.89. The van der Waals surface area contributed by atoms with Crippen LogP contribution in [0.3, 0.4) is 0 Å². The van der Waals surface area contributed by atoms with Crippen molar-refractivity contribution in [2.45, 2.75) is 31.9 Å². The first-order valence-corrected chi connectivity index (χ1v) is 11.2. The summed E-state index contributed by atoms with van der Waals surface area (Å²) in [5, 5.41) is 24.4. The average molecular weight is 458 g/mol. The Balaban J connectivity index is 1.40. The quantitative estimate of drug-likeness (QED) is 0.343. The third kappa shape index (κ3) is 6.01. The Kier molecular flexibility index (Phi) is 7.55. The van der Waals surface area contributed by atoms with Gasteiger partial charge in [-0.05, 0) is 34.9 Å². The van der Waals surface area contributed by atoms with Crippen molar-refractivity contribution < 1.29 is 19.5 Å². The van der Waals surface area contributed by atoms with E-state index in [-0.39, 0.29) is 12.3 Å². The van der Waals surface area contributed by atoms with Gasteiger partial charge in [-0.3, -0.25) is 4.79 Å². The highest BCUT2D eigenvalue weighted by molar-refractivity contribution is 5.94. The van der Waals surface area contributed by atoms with Crippen LogP contribution in [0.5, 0.6) is 5.75 Å². The summed E-state index contributed by atoms with van der Waals surface area (Å²) in [5.41, 5.74) is 5.47. The molecule has 1 unspecified atom stereocenters. The second-order valence-electron chi connectivity index (χ2n) is 8.08. The molecule has 0 bridgehead atoms. The van der Waals surface area contributed by atoms with Crippen LogP contribution < -0.4 is 10.1 Å². The maximum absolute atomic E-state index is 11.3. The highest BCUT2D eigenvalue weighted by atomic mass is 16.6. The molecule has 0 spiro atoms. The monoisotopic (exact) mass is 457 g/mol. The van der Waals surface area contributed by atoms with Crippen LogP contribution in [0.1, 0.15) is 41.0 Å². The van der Waals surface area contributed by atoms with Crippen molar-refractivity contribution in [2.24, 2.45) is 5.16 Å². The fraction of sp³-hybridized carbons (Fsp3) is 0.222. The Morgan fingerprint density at radius 2 is 1.91 bits per heavy atom. The molecule has 3 aromatic rings. The van der Waals surface area contributed by atoms with Gasteiger partial charge in [0.15, 0.2) is 0 Å². The smallest absolute Gasteiger partial charge is 0.304 e. The normalized spacial score (nSPS) is 13.5. The lowest BCUT2D eigenvalue weighted by Gasteiger charge is -2.15. The molecule has 0 fully saturated rings. The van der Waals surface area contributed by atoms with Gasteiger partial charge < -0.3 is 25.4 Å². The van der Waals surface area contributed by atoms with Crippen LogP contribution in [0.15, 0.2) is 78.0 Å². The Morgan fingerprint density at radius 3 is 2.59 bits per heavy atom. The zero-order chi connectivity index (χ0) is 23.8. The van der Waals surface area contributed by atoms with E-state index in [1.165, 1.54) is 6.21 Å². The number of carboxylic acid groups (broad SMARTS) is 1. The van der Waals surface area contributed by atoms with Crippen molar-refractivity contribution in [3.63, 3.8) is 0 Å². The lowest BCUT2D eigenvalue weighted by Crippen LogP contribution is -2.15. The zero-order valence-electron chi connectivity index (χ0n) is 18.7. The van der Waals surface area contributed by atoms with Gasteiger partial charge in [-0.25, -0.2) is 0 Å². The highest BCUT2D eigenvalue weighted by Gasteiger charge is 2.25. The van der Waals surface area contributed by atoms with Crippen LogP contribution in [0, 0.1) is 5.41 Å². The maximum Gasteiger partial charge on any atom is 0.304 e. The number of carbonyl (C=O) groups is 1. The number of nitrogens with zero attached hydrogens (tertiary/aromatic N) is 1. The minimum atomic E-state index is -0.870. The number of benzene rings is 3. The second kappa shape index (κ2) is 11.1. The van der Waals surface area contributed by atoms with E-state index in [1.807, 2.05) is 60.7 Å². The van der Waals surface area contributed by atoms with Gasteiger partial charge in [0.2, 0.25) is 0 Å². The number of rotatable bonds is 11. The average Bonchev–Trinajstić information content (AvgIpc) is 3.40. The van der Waals surface area contributed by atoms with Gasteiger partial charge in [0.05, 0.1) is 12.1 Å². The number of oxime groups is 1. The van der Waals surface area contributed by atoms with E-state index in [1.54, 1.807) is 0 Å². The molecule has 174 valence electrons. The summed E-state index contributed by atoms with van der Waals surface area (Å²) in [6.07, 6.45) is 1.95. The number of anilines is 1. The Hall–Kier alpha value is -4.13. The molecule has 4 rings (SSSR count). The number of hydrogen-bond acceptors (Lipinski definition) is 6. The van der Waals surface area contributed by atoms with Crippen molar-refractivity contribution in [3.05, 3.63) is 95.1 Å². The molecule has 3 N–H and O–H groups in total. The summed E-state index contributed by atoms with van der Waals surface area (Å²) >= 11 is 0. The molecule has 7 nitrogen and oxygen atoms in total. The molecule has 0 saturated heterocycles. The van der Waals surface area contributed by atoms with E-state index >= 15 is 0 Å². The summed E-state index contributed by atoms with van der Waals surface area (Å²) < 4.78 is 5.97. The Labute approximate surface area is 198 Å². The summed E-state index contributed by atoms with van der Waals surface area (Å²) in [7, 11) is 0. The van der Waals surface area contributed by atoms with E-state index in [2.05, 4.69) is 22.6 Å². The molecule has 0 radical (unpaired) electrons. The number of nitrogens with one attached hydrogen (secondary N) is 2. The molecule has 0 aliphatic carbocycles. The number of carboxylic acids is 1. The molecule has 1 aliphatic rings. The van der Waals surface area contributed by atoms with Crippen molar-refractivity contribution in [1.29, 1.82) is 5.41 Å². The predicted octanol–water partition coefficient (Wildman–Crippen LogP) is 5.21. The van der Waals surface area contributed by atoms with Crippen LogP contribution in [0.2, 0.25) is 0 Å². The van der Waals surface area contributed by atoms with Crippen LogP contribution in [-0.2, 0) is 22.8 Å². The largest absolute Gasteiger partial charge is 0.489 e. The molecule has 0 amide bonds. The number of hydrogen-bond donors (Lipinski definition) is 3. The molecule has 1 atom stereocenters. The molecular formula is C27H27N3O4. The predicted molar refractivity (Wildman–Crippen MR) is 132 cm³/mol. The SMILES string of the molecule is N=Cc1ccc(COc2ccc(C(CC(=O)O)C3=NOCC3)cc2)cc1NCc1ccccc1. The van der Waals surface area contributed by atoms with Gasteiger partial charge >= 0.3 is 5.97 Å². The molecule has 34 heavy (non-hydrogen) atoms. The van der Waals surface area contributed by atoms with E-state index in [0.717, 1.165) is 33.7 Å². The zero-order valence-corrected chi connectivity index (χ0v) is 18.7. The molecule has 0 saturated carbocycles. The minimum absolute atomic E-state index is 0.0273. The molecule has 3 aromatic carbocycles. The van der Waals surface area contributed by atoms with Crippen LogP contribution in [0.4, 0.5) is 5.69 Å². The first-order valence-electron chi connectivity index (χ1n) is 11.2. The fourth-order valence-electron chi connectivity index (χ4n) is 3.89. The van der Waals surface area contributed by atoms with E-state index in [0.29, 0.717) is 31.9 Å². The molecule has 1 heterocycles. The van der Waals surface area contributed by atoms with Gasteiger partial charge in [-0.2, -0.15) is 0 Å². The van der Waals surface area contributed by atoms with Crippen LogP contribution in [-0.4, -0.2) is 29.6 Å². The van der Waals surface area contributed by atoms with Gasteiger partial charge in [-0.15, -0.1) is 0 Å². The Morgan fingerprint density at radius 1 is 1.12 bits per heavy atom. The molecular weight excluding hydrogens is 430 g/mol. The van der Waals surface area contributed by atoms with E-state index in [4.69, 9.17) is 15.0 Å². The van der Waals surface area contributed by atoms with Gasteiger partial charge in [-0.1, -0.05) is 59.8 Å².